The molecule has 2 heterocycles. The third-order valence-electron chi connectivity index (χ3n) is 5.62. The van der Waals surface area contributed by atoms with Crippen LogP contribution in [-0.2, 0) is 6.54 Å². The van der Waals surface area contributed by atoms with E-state index in [-0.39, 0.29) is 11.7 Å². The van der Waals surface area contributed by atoms with E-state index in [1.54, 1.807) is 24.4 Å². The van der Waals surface area contributed by atoms with Gasteiger partial charge in [-0.2, -0.15) is 0 Å². The van der Waals surface area contributed by atoms with Crippen LogP contribution in [0.4, 0.5) is 11.5 Å². The molecule has 1 aliphatic rings. The summed E-state index contributed by atoms with van der Waals surface area (Å²) in [7, 11) is 0. The molecule has 176 valence electrons. The van der Waals surface area contributed by atoms with Gasteiger partial charge in [-0.1, -0.05) is 58.8 Å². The molecule has 0 radical (unpaired) electrons. The maximum atomic E-state index is 6.29. The summed E-state index contributed by atoms with van der Waals surface area (Å²) < 4.78 is 0. The number of benzene rings is 2. The summed E-state index contributed by atoms with van der Waals surface area (Å²) in [4.78, 5) is 11.3. The second-order valence-corrected chi connectivity index (χ2v) is 8.95. The van der Waals surface area contributed by atoms with Gasteiger partial charge in [0.1, 0.15) is 5.82 Å². The van der Waals surface area contributed by atoms with E-state index in [1.807, 2.05) is 6.07 Å². The van der Waals surface area contributed by atoms with E-state index in [9.17, 15) is 0 Å². The van der Waals surface area contributed by atoms with Crippen molar-refractivity contribution < 1.29 is 0 Å². The summed E-state index contributed by atoms with van der Waals surface area (Å²) in [6.07, 6.45) is 1.72. The predicted octanol–water partition coefficient (Wildman–Crippen LogP) is 4.84. The van der Waals surface area contributed by atoms with E-state index in [4.69, 9.17) is 34.8 Å². The number of aromatic nitrogens is 1. The fraction of sp³-hybridized carbons (Fsp3) is 0.250. The Bertz CT molecular complexity index is 1210. The number of nitrogens with one attached hydrogen (secondary N) is 1. The summed E-state index contributed by atoms with van der Waals surface area (Å²) in [5.41, 5.74) is 10.2. The number of hydrogen-bond donors (Lipinski definition) is 3. The van der Waals surface area contributed by atoms with Gasteiger partial charge in [0.05, 0.1) is 21.3 Å². The Labute approximate surface area is 208 Å². The topological polar surface area (TPSA) is 117 Å². The molecule has 5 N–H and O–H groups in total. The van der Waals surface area contributed by atoms with Crippen LogP contribution in [0.3, 0.4) is 0 Å². The molecule has 2 aromatic carbocycles. The van der Waals surface area contributed by atoms with Crippen molar-refractivity contribution in [3.05, 3.63) is 75.9 Å². The fourth-order valence-electron chi connectivity index (χ4n) is 3.91. The molecule has 0 bridgehead atoms. The molecule has 3 aromatic rings. The van der Waals surface area contributed by atoms with Crippen LogP contribution in [0.25, 0.3) is 11.1 Å². The molecule has 0 aliphatic carbocycles. The molecular weight excluding hydrogens is 471 g/mol. The van der Waals surface area contributed by atoms with Gasteiger partial charge in [-0.15, -0.1) is 5.11 Å². The van der Waals surface area contributed by atoms with E-state index in [2.05, 4.69) is 61.7 Å². The number of hydrogen-bond acceptors (Lipinski definition) is 6. The van der Waals surface area contributed by atoms with Crippen molar-refractivity contribution in [1.82, 2.24) is 15.2 Å². The molecule has 4 rings (SSSR count). The minimum atomic E-state index is 0.183. The number of anilines is 1. The molecule has 1 atom stereocenters. The number of piperazine rings is 1. The van der Waals surface area contributed by atoms with E-state index in [0.29, 0.717) is 27.3 Å². The van der Waals surface area contributed by atoms with Gasteiger partial charge in [0, 0.05) is 44.0 Å². The smallest absolute Gasteiger partial charge is 0.187 e. The minimum absolute atomic E-state index is 0.183. The zero-order chi connectivity index (χ0) is 24.1. The van der Waals surface area contributed by atoms with Gasteiger partial charge >= 0.3 is 0 Å². The Morgan fingerprint density at radius 1 is 1.18 bits per heavy atom. The van der Waals surface area contributed by atoms with Crippen LogP contribution < -0.4 is 16.9 Å². The monoisotopic (exact) mass is 496 g/mol. The first kappa shape index (κ1) is 24.1. The van der Waals surface area contributed by atoms with Gasteiger partial charge in [0.15, 0.2) is 5.84 Å². The second kappa shape index (κ2) is 10.9. The SMILES string of the molecule is CC1CN(Cc2ccc(-c3cnc(N)c(C(N=NN)=Nc4cccc(Cl)c4Cl)c3)cc2)CCN1. The third-order valence-corrected chi connectivity index (χ3v) is 6.42. The molecule has 1 saturated heterocycles. The zero-order valence-corrected chi connectivity index (χ0v) is 20.3. The highest BCUT2D eigenvalue weighted by Gasteiger charge is 2.16. The largest absolute Gasteiger partial charge is 0.383 e. The minimum Gasteiger partial charge on any atom is -0.383 e. The highest BCUT2D eigenvalue weighted by Crippen LogP contribution is 2.33. The Hall–Kier alpha value is -3.04. The number of nitrogens with zero attached hydrogens (tertiary/aromatic N) is 5. The van der Waals surface area contributed by atoms with Crippen molar-refractivity contribution in [2.24, 2.45) is 21.2 Å². The van der Waals surface area contributed by atoms with Crippen LogP contribution in [0, 0.1) is 0 Å². The molecule has 1 aromatic heterocycles. The molecule has 10 heteroatoms. The molecule has 34 heavy (non-hydrogen) atoms. The van der Waals surface area contributed by atoms with Gasteiger partial charge in [0.25, 0.3) is 0 Å². The van der Waals surface area contributed by atoms with E-state index >= 15 is 0 Å². The molecule has 1 fully saturated rings. The van der Waals surface area contributed by atoms with Crippen molar-refractivity contribution in [2.75, 3.05) is 25.4 Å². The molecular formula is C24H26Cl2N8. The van der Waals surface area contributed by atoms with Gasteiger partial charge in [-0.3, -0.25) is 4.90 Å². The summed E-state index contributed by atoms with van der Waals surface area (Å²) >= 11 is 12.4. The highest BCUT2D eigenvalue weighted by atomic mass is 35.5. The lowest BCUT2D eigenvalue weighted by Gasteiger charge is -2.31. The summed E-state index contributed by atoms with van der Waals surface area (Å²) in [6, 6.07) is 15.9. The molecule has 0 saturated carbocycles. The maximum absolute atomic E-state index is 6.29. The highest BCUT2D eigenvalue weighted by molar-refractivity contribution is 6.43. The lowest BCUT2D eigenvalue weighted by atomic mass is 10.0. The maximum Gasteiger partial charge on any atom is 0.187 e. The summed E-state index contributed by atoms with van der Waals surface area (Å²) in [6.45, 7) is 6.24. The number of rotatable bonds is 5. The fourth-order valence-corrected chi connectivity index (χ4v) is 4.25. The average molecular weight is 497 g/mol. The quantitative estimate of drug-likeness (QED) is 0.153. The first-order valence-corrected chi connectivity index (χ1v) is 11.6. The predicted molar refractivity (Wildman–Crippen MR) is 139 cm³/mol. The van der Waals surface area contributed by atoms with Crippen molar-refractivity contribution >= 4 is 40.5 Å². The standard InChI is InChI=1S/C24H26Cl2N8/c1-15-13-34(10-9-29-15)14-16-5-7-17(8-6-16)18-11-19(23(27)30-12-18)24(32-33-28)31-21-4-2-3-20(25)22(21)26/h2-8,11-12,15,29H,9-10,13-14H2,1H3,(H2,27,30)(H2,28,31,32). The number of amidine groups is 1. The van der Waals surface area contributed by atoms with Gasteiger partial charge in [0.2, 0.25) is 0 Å². The van der Waals surface area contributed by atoms with Crippen molar-refractivity contribution in [3.8, 4) is 11.1 Å². The van der Waals surface area contributed by atoms with Crippen molar-refractivity contribution in [1.29, 1.82) is 0 Å². The van der Waals surface area contributed by atoms with Crippen LogP contribution in [-0.4, -0.2) is 41.4 Å². The lowest BCUT2D eigenvalue weighted by molar-refractivity contribution is 0.199. The molecule has 0 spiro atoms. The number of pyridine rings is 1. The molecule has 8 nitrogen and oxygen atoms in total. The zero-order valence-electron chi connectivity index (χ0n) is 18.7. The number of halogens is 2. The second-order valence-electron chi connectivity index (χ2n) is 8.17. The van der Waals surface area contributed by atoms with Crippen molar-refractivity contribution in [3.63, 3.8) is 0 Å². The molecule has 1 unspecified atom stereocenters. The van der Waals surface area contributed by atoms with Crippen LogP contribution in [0.15, 0.2) is 70.1 Å². The number of nitrogens with two attached hydrogens (primary N) is 2. The first-order chi connectivity index (χ1) is 16.4. The van der Waals surface area contributed by atoms with Crippen LogP contribution in [0.5, 0.6) is 0 Å². The Morgan fingerprint density at radius 2 is 1.97 bits per heavy atom. The Morgan fingerprint density at radius 3 is 2.71 bits per heavy atom. The average Bonchev–Trinajstić information content (AvgIpc) is 2.83. The number of nitrogen functional groups attached to an aromatic ring is 1. The first-order valence-electron chi connectivity index (χ1n) is 10.9. The Balaban J connectivity index is 1.62. The van der Waals surface area contributed by atoms with E-state index in [0.717, 1.165) is 37.3 Å². The van der Waals surface area contributed by atoms with Gasteiger partial charge < -0.3 is 16.9 Å². The normalized spacial score (nSPS) is 17.4. The van der Waals surface area contributed by atoms with Crippen LogP contribution >= 0.6 is 23.2 Å². The Kier molecular flexibility index (Phi) is 7.74. The van der Waals surface area contributed by atoms with Crippen LogP contribution in [0.2, 0.25) is 10.0 Å². The van der Waals surface area contributed by atoms with Crippen molar-refractivity contribution in [2.45, 2.75) is 19.5 Å². The lowest BCUT2D eigenvalue weighted by Crippen LogP contribution is -2.48. The van der Waals surface area contributed by atoms with E-state index < -0.39 is 0 Å². The molecule has 0 amide bonds. The van der Waals surface area contributed by atoms with Crippen LogP contribution in [0.1, 0.15) is 18.1 Å². The molecule has 1 aliphatic heterocycles. The van der Waals surface area contributed by atoms with Gasteiger partial charge in [-0.05, 0) is 36.2 Å². The van der Waals surface area contributed by atoms with E-state index in [1.165, 1.54) is 5.56 Å². The number of aliphatic imine (C=N–C) groups is 1. The summed E-state index contributed by atoms with van der Waals surface area (Å²) in [5, 5.41) is 11.5. The summed E-state index contributed by atoms with van der Waals surface area (Å²) in [5.74, 6) is 5.77. The third kappa shape index (κ3) is 5.71. The van der Waals surface area contributed by atoms with Gasteiger partial charge in [-0.25, -0.2) is 9.98 Å².